The summed E-state index contributed by atoms with van der Waals surface area (Å²) in [4.78, 5) is 14.9. The Bertz CT molecular complexity index is 510. The third-order valence-corrected chi connectivity index (χ3v) is 4.35. The SMILES string of the molecule is CS(=O)(=O)N1CCCC1C(=O)NCc1cc[nH]c1. The molecule has 1 atom stereocenters. The highest BCUT2D eigenvalue weighted by atomic mass is 32.2. The summed E-state index contributed by atoms with van der Waals surface area (Å²) < 4.78 is 24.3. The van der Waals surface area contributed by atoms with E-state index in [0.29, 0.717) is 19.5 Å². The van der Waals surface area contributed by atoms with E-state index in [0.717, 1.165) is 18.2 Å². The molecule has 6 nitrogen and oxygen atoms in total. The number of hydrogen-bond acceptors (Lipinski definition) is 3. The number of hydrogen-bond donors (Lipinski definition) is 2. The summed E-state index contributed by atoms with van der Waals surface area (Å²) in [6.45, 7) is 0.845. The highest BCUT2D eigenvalue weighted by molar-refractivity contribution is 7.88. The van der Waals surface area contributed by atoms with Crippen LogP contribution < -0.4 is 5.32 Å². The molecular weight excluding hydrogens is 254 g/mol. The van der Waals surface area contributed by atoms with Crippen LogP contribution in [0.4, 0.5) is 0 Å². The van der Waals surface area contributed by atoms with Crippen molar-refractivity contribution in [2.45, 2.75) is 25.4 Å². The van der Waals surface area contributed by atoms with Crippen LogP contribution in [-0.2, 0) is 21.4 Å². The molecule has 0 aromatic carbocycles. The predicted octanol–water partition coefficient (Wildman–Crippen LogP) is 0.0549. The minimum Gasteiger partial charge on any atom is -0.367 e. The first-order valence-electron chi connectivity index (χ1n) is 5.84. The maximum atomic E-state index is 12.0. The van der Waals surface area contributed by atoms with E-state index in [1.54, 1.807) is 12.4 Å². The summed E-state index contributed by atoms with van der Waals surface area (Å²) in [5.41, 5.74) is 0.965. The second kappa shape index (κ2) is 5.11. The van der Waals surface area contributed by atoms with Crippen molar-refractivity contribution in [3.63, 3.8) is 0 Å². The highest BCUT2D eigenvalue weighted by Gasteiger charge is 2.36. The van der Waals surface area contributed by atoms with E-state index in [2.05, 4.69) is 10.3 Å². The number of carbonyl (C=O) groups excluding carboxylic acids is 1. The topological polar surface area (TPSA) is 82.3 Å². The molecule has 1 aliphatic heterocycles. The summed E-state index contributed by atoms with van der Waals surface area (Å²) in [6, 6.07) is 1.31. The lowest BCUT2D eigenvalue weighted by atomic mass is 10.2. The predicted molar refractivity (Wildman–Crippen MR) is 67.2 cm³/mol. The van der Waals surface area contributed by atoms with E-state index in [9.17, 15) is 13.2 Å². The Morgan fingerprint density at radius 3 is 3.00 bits per heavy atom. The van der Waals surface area contributed by atoms with Crippen LogP contribution >= 0.6 is 0 Å². The first-order valence-corrected chi connectivity index (χ1v) is 7.69. The number of aromatic amines is 1. The number of nitrogens with zero attached hydrogens (tertiary/aromatic N) is 1. The molecule has 1 aromatic heterocycles. The Hall–Kier alpha value is -1.34. The molecule has 100 valence electrons. The molecule has 1 aliphatic rings. The molecule has 0 radical (unpaired) electrons. The Kier molecular flexibility index (Phi) is 3.72. The maximum absolute atomic E-state index is 12.0. The van der Waals surface area contributed by atoms with Gasteiger partial charge in [0.05, 0.1) is 6.26 Å². The number of carbonyl (C=O) groups is 1. The van der Waals surface area contributed by atoms with Gasteiger partial charge in [-0.05, 0) is 24.5 Å². The van der Waals surface area contributed by atoms with Gasteiger partial charge < -0.3 is 10.3 Å². The molecule has 1 aromatic rings. The number of sulfonamides is 1. The number of aromatic nitrogens is 1. The van der Waals surface area contributed by atoms with Crippen molar-refractivity contribution in [2.24, 2.45) is 0 Å². The van der Waals surface area contributed by atoms with E-state index in [-0.39, 0.29) is 5.91 Å². The number of rotatable bonds is 4. The minimum atomic E-state index is -3.30. The van der Waals surface area contributed by atoms with Crippen LogP contribution in [0.5, 0.6) is 0 Å². The van der Waals surface area contributed by atoms with Gasteiger partial charge in [0, 0.05) is 25.5 Å². The normalized spacial score (nSPS) is 21.1. The van der Waals surface area contributed by atoms with Gasteiger partial charge in [0.2, 0.25) is 15.9 Å². The molecular formula is C11H17N3O3S. The van der Waals surface area contributed by atoms with Gasteiger partial charge in [-0.2, -0.15) is 4.31 Å². The fourth-order valence-electron chi connectivity index (χ4n) is 2.17. The van der Waals surface area contributed by atoms with Gasteiger partial charge in [0.15, 0.2) is 0 Å². The first kappa shape index (κ1) is 13.1. The fourth-order valence-corrected chi connectivity index (χ4v) is 3.30. The average Bonchev–Trinajstić information content (AvgIpc) is 2.95. The van der Waals surface area contributed by atoms with Crippen LogP contribution in [0.2, 0.25) is 0 Å². The zero-order chi connectivity index (χ0) is 13.2. The number of amides is 1. The van der Waals surface area contributed by atoms with Crippen LogP contribution in [0.1, 0.15) is 18.4 Å². The molecule has 2 rings (SSSR count). The van der Waals surface area contributed by atoms with Crippen molar-refractivity contribution in [1.82, 2.24) is 14.6 Å². The van der Waals surface area contributed by atoms with Crippen molar-refractivity contribution < 1.29 is 13.2 Å². The largest absolute Gasteiger partial charge is 0.367 e. The second-order valence-corrected chi connectivity index (χ2v) is 6.40. The van der Waals surface area contributed by atoms with Crippen LogP contribution in [0, 0.1) is 0 Å². The van der Waals surface area contributed by atoms with E-state index >= 15 is 0 Å². The zero-order valence-corrected chi connectivity index (χ0v) is 11.0. The summed E-state index contributed by atoms with van der Waals surface area (Å²) >= 11 is 0. The number of nitrogens with one attached hydrogen (secondary N) is 2. The van der Waals surface area contributed by atoms with Crippen molar-refractivity contribution in [2.75, 3.05) is 12.8 Å². The van der Waals surface area contributed by atoms with Gasteiger partial charge in [-0.25, -0.2) is 8.42 Å². The van der Waals surface area contributed by atoms with E-state index in [4.69, 9.17) is 0 Å². The van der Waals surface area contributed by atoms with Crippen LogP contribution in [0.3, 0.4) is 0 Å². The van der Waals surface area contributed by atoms with Gasteiger partial charge in [0.1, 0.15) is 6.04 Å². The molecule has 7 heteroatoms. The Morgan fingerprint density at radius 1 is 1.61 bits per heavy atom. The Labute approximate surface area is 106 Å². The molecule has 18 heavy (non-hydrogen) atoms. The van der Waals surface area contributed by atoms with Crippen LogP contribution in [0.25, 0.3) is 0 Å². The third kappa shape index (κ3) is 2.91. The van der Waals surface area contributed by atoms with E-state index in [1.807, 2.05) is 6.07 Å². The van der Waals surface area contributed by atoms with Crippen molar-refractivity contribution in [1.29, 1.82) is 0 Å². The molecule has 1 amide bonds. The Morgan fingerprint density at radius 2 is 2.39 bits per heavy atom. The van der Waals surface area contributed by atoms with Gasteiger partial charge in [-0.3, -0.25) is 4.79 Å². The lowest BCUT2D eigenvalue weighted by Gasteiger charge is -2.21. The molecule has 0 saturated carbocycles. The lowest BCUT2D eigenvalue weighted by Crippen LogP contribution is -2.45. The van der Waals surface area contributed by atoms with Gasteiger partial charge in [-0.1, -0.05) is 0 Å². The van der Waals surface area contributed by atoms with Crippen molar-refractivity contribution in [3.8, 4) is 0 Å². The minimum absolute atomic E-state index is 0.223. The van der Waals surface area contributed by atoms with Gasteiger partial charge >= 0.3 is 0 Å². The molecule has 1 unspecified atom stereocenters. The molecule has 0 bridgehead atoms. The smallest absolute Gasteiger partial charge is 0.238 e. The quantitative estimate of drug-likeness (QED) is 0.812. The van der Waals surface area contributed by atoms with Crippen LogP contribution in [0.15, 0.2) is 18.5 Å². The summed E-state index contributed by atoms with van der Waals surface area (Å²) in [7, 11) is -3.30. The molecule has 1 fully saturated rings. The van der Waals surface area contributed by atoms with E-state index in [1.165, 1.54) is 4.31 Å². The van der Waals surface area contributed by atoms with Gasteiger partial charge in [-0.15, -0.1) is 0 Å². The molecule has 1 saturated heterocycles. The van der Waals surface area contributed by atoms with Crippen molar-refractivity contribution >= 4 is 15.9 Å². The standard InChI is InChI=1S/C11H17N3O3S/c1-18(16,17)14-6-2-3-10(14)11(15)13-8-9-4-5-12-7-9/h4-5,7,10,12H,2-3,6,8H2,1H3,(H,13,15). The molecule has 0 spiro atoms. The van der Waals surface area contributed by atoms with Crippen LogP contribution in [-0.4, -0.2) is 42.5 Å². The fraction of sp³-hybridized carbons (Fsp3) is 0.545. The van der Waals surface area contributed by atoms with E-state index < -0.39 is 16.1 Å². The van der Waals surface area contributed by atoms with Gasteiger partial charge in [0.25, 0.3) is 0 Å². The summed E-state index contributed by atoms with van der Waals surface area (Å²) in [5.74, 6) is -0.223. The summed E-state index contributed by atoms with van der Waals surface area (Å²) in [5, 5.41) is 2.76. The zero-order valence-electron chi connectivity index (χ0n) is 10.2. The third-order valence-electron chi connectivity index (χ3n) is 3.06. The molecule has 2 heterocycles. The second-order valence-electron chi connectivity index (χ2n) is 4.47. The maximum Gasteiger partial charge on any atom is 0.238 e. The highest BCUT2D eigenvalue weighted by Crippen LogP contribution is 2.20. The molecule has 0 aliphatic carbocycles. The Balaban J connectivity index is 1.96. The first-order chi connectivity index (χ1) is 8.48. The number of H-pyrrole nitrogens is 1. The summed E-state index contributed by atoms with van der Waals surface area (Å²) in [6.07, 6.45) is 6.04. The van der Waals surface area contributed by atoms with Crippen molar-refractivity contribution in [3.05, 3.63) is 24.0 Å². The molecule has 2 N–H and O–H groups in total. The average molecular weight is 271 g/mol. The lowest BCUT2D eigenvalue weighted by molar-refractivity contribution is -0.124. The monoisotopic (exact) mass is 271 g/mol.